The summed E-state index contributed by atoms with van der Waals surface area (Å²) in [4.78, 5) is 26.2. The normalized spacial score (nSPS) is 18.1. The molecule has 0 spiro atoms. The highest BCUT2D eigenvalue weighted by molar-refractivity contribution is 7.90. The highest BCUT2D eigenvalue weighted by Gasteiger charge is 2.27. The van der Waals surface area contributed by atoms with Gasteiger partial charge in [-0.1, -0.05) is 18.2 Å². The monoisotopic (exact) mass is 419 g/mol. The average molecular weight is 419 g/mol. The molecule has 29 heavy (non-hydrogen) atoms. The first-order valence-electron chi connectivity index (χ1n) is 8.89. The van der Waals surface area contributed by atoms with Crippen LogP contribution < -0.4 is 10.1 Å². The van der Waals surface area contributed by atoms with Gasteiger partial charge in [0, 0.05) is 24.9 Å². The van der Waals surface area contributed by atoms with E-state index < -0.39 is 28.0 Å². The molecule has 2 aliphatic heterocycles. The fraction of sp³-hybridized carbons (Fsp3) is 0.316. The fourth-order valence-corrected chi connectivity index (χ4v) is 3.75. The van der Waals surface area contributed by atoms with E-state index in [4.69, 9.17) is 9.47 Å². The summed E-state index contributed by atoms with van der Waals surface area (Å²) in [5.41, 5.74) is 0.999. The summed E-state index contributed by atoms with van der Waals surface area (Å²) in [6.45, 7) is 1.90. The molecule has 3 rings (SSSR count). The maximum absolute atomic E-state index is 12.4. The van der Waals surface area contributed by atoms with Crippen molar-refractivity contribution in [2.75, 3.05) is 19.4 Å². The van der Waals surface area contributed by atoms with Crippen molar-refractivity contribution >= 4 is 27.7 Å². The molecule has 0 saturated heterocycles. The van der Waals surface area contributed by atoms with E-state index in [0.29, 0.717) is 5.75 Å². The number of nitrogens with one attached hydrogen (secondary N) is 1. The highest BCUT2D eigenvalue weighted by atomic mass is 32.2. The number of ether oxygens (including phenoxy) is 2. The standard InChI is InChI=1S/C19H21N3O6S/c1-13(18(23)20-11-14-5-3-4-6-16(14)27-2)28-19(24)15-7-8-17-21-29(25,26)10-9-22(17)12-15/h3-8,12-13H,9-11H2,1-2H3,(H,20,23). The second kappa shape index (κ2) is 8.48. The summed E-state index contributed by atoms with van der Waals surface area (Å²) in [6.07, 6.45) is 3.30. The van der Waals surface area contributed by atoms with E-state index in [0.717, 1.165) is 5.56 Å². The minimum absolute atomic E-state index is 0.134. The largest absolute Gasteiger partial charge is 0.496 e. The van der Waals surface area contributed by atoms with Crippen LogP contribution in [0.4, 0.5) is 0 Å². The van der Waals surface area contributed by atoms with E-state index in [1.807, 2.05) is 18.2 Å². The zero-order valence-corrected chi connectivity index (χ0v) is 16.8. The molecule has 1 N–H and O–H groups in total. The second-order valence-electron chi connectivity index (χ2n) is 6.42. The maximum atomic E-state index is 12.4. The number of esters is 1. The van der Waals surface area contributed by atoms with Crippen molar-refractivity contribution in [1.82, 2.24) is 10.2 Å². The molecule has 0 fully saturated rings. The van der Waals surface area contributed by atoms with E-state index >= 15 is 0 Å². The number of benzene rings is 1. The lowest BCUT2D eigenvalue weighted by molar-refractivity contribution is -0.151. The molecule has 0 aromatic heterocycles. The lowest BCUT2D eigenvalue weighted by Gasteiger charge is -2.27. The number of carbonyl (C=O) groups excluding carboxylic acids is 2. The minimum Gasteiger partial charge on any atom is -0.496 e. The first kappa shape index (κ1) is 20.6. The molecular weight excluding hydrogens is 398 g/mol. The summed E-state index contributed by atoms with van der Waals surface area (Å²) in [5.74, 6) is -0.374. The first-order chi connectivity index (χ1) is 13.8. The molecule has 0 bridgehead atoms. The van der Waals surface area contributed by atoms with Crippen LogP contribution in [0, 0.1) is 0 Å². The van der Waals surface area contributed by atoms with Crippen LogP contribution in [-0.4, -0.2) is 56.5 Å². The number of carbonyl (C=O) groups is 2. The topological polar surface area (TPSA) is 114 Å². The van der Waals surface area contributed by atoms with Crippen molar-refractivity contribution in [2.24, 2.45) is 4.40 Å². The van der Waals surface area contributed by atoms with Gasteiger partial charge < -0.3 is 19.7 Å². The Balaban J connectivity index is 1.57. The van der Waals surface area contributed by atoms with Crippen LogP contribution in [0.15, 0.2) is 52.6 Å². The molecule has 1 atom stereocenters. The summed E-state index contributed by atoms with van der Waals surface area (Å²) < 4.78 is 37.2. The van der Waals surface area contributed by atoms with E-state index in [2.05, 4.69) is 9.71 Å². The van der Waals surface area contributed by atoms with Gasteiger partial charge in [-0.05, 0) is 25.1 Å². The van der Waals surface area contributed by atoms with Gasteiger partial charge in [0.2, 0.25) is 0 Å². The van der Waals surface area contributed by atoms with Gasteiger partial charge >= 0.3 is 5.97 Å². The number of rotatable bonds is 6. The number of fused-ring (bicyclic) bond motifs is 1. The maximum Gasteiger partial charge on any atom is 0.340 e. The van der Waals surface area contributed by atoms with Gasteiger partial charge in [0.25, 0.3) is 15.9 Å². The number of para-hydroxylation sites is 1. The van der Waals surface area contributed by atoms with Crippen molar-refractivity contribution in [3.8, 4) is 5.75 Å². The third-order valence-corrected chi connectivity index (χ3v) is 5.52. The smallest absolute Gasteiger partial charge is 0.340 e. The molecule has 0 saturated carbocycles. The van der Waals surface area contributed by atoms with Gasteiger partial charge in [0.1, 0.15) is 11.6 Å². The quantitative estimate of drug-likeness (QED) is 0.677. The van der Waals surface area contributed by atoms with Crippen LogP contribution in [0.3, 0.4) is 0 Å². The minimum atomic E-state index is -3.47. The number of amides is 1. The van der Waals surface area contributed by atoms with E-state index in [-0.39, 0.29) is 30.3 Å². The Kier molecular flexibility index (Phi) is 6.02. The van der Waals surface area contributed by atoms with Crippen LogP contribution in [0.25, 0.3) is 0 Å². The summed E-state index contributed by atoms with van der Waals surface area (Å²) >= 11 is 0. The Hall–Kier alpha value is -3.14. The molecule has 154 valence electrons. The number of hydrogen-bond donors (Lipinski definition) is 1. The molecule has 1 aromatic rings. The van der Waals surface area contributed by atoms with Gasteiger partial charge in [0.05, 0.1) is 18.4 Å². The zero-order valence-electron chi connectivity index (χ0n) is 16.0. The van der Waals surface area contributed by atoms with Gasteiger partial charge in [-0.2, -0.15) is 0 Å². The molecule has 1 unspecified atom stereocenters. The molecule has 10 heteroatoms. The number of methoxy groups -OCH3 is 1. The van der Waals surface area contributed by atoms with E-state index in [1.165, 1.54) is 25.3 Å². The van der Waals surface area contributed by atoms with Gasteiger partial charge in [-0.15, -0.1) is 4.40 Å². The third-order valence-electron chi connectivity index (χ3n) is 4.36. The van der Waals surface area contributed by atoms with E-state index in [9.17, 15) is 18.0 Å². The lowest BCUT2D eigenvalue weighted by Crippen LogP contribution is -2.38. The Morgan fingerprint density at radius 2 is 2.03 bits per heavy atom. The van der Waals surface area contributed by atoms with Crippen LogP contribution in [0.5, 0.6) is 5.75 Å². The van der Waals surface area contributed by atoms with Crippen molar-refractivity contribution in [1.29, 1.82) is 0 Å². The van der Waals surface area contributed by atoms with E-state index in [1.54, 1.807) is 18.1 Å². The van der Waals surface area contributed by atoms with Crippen molar-refractivity contribution in [3.63, 3.8) is 0 Å². The third kappa shape index (κ3) is 5.02. The highest BCUT2D eigenvalue weighted by Crippen LogP contribution is 2.18. The summed E-state index contributed by atoms with van der Waals surface area (Å²) in [5, 5.41) is 2.71. The molecule has 1 aromatic carbocycles. The van der Waals surface area contributed by atoms with Crippen molar-refractivity contribution < 1.29 is 27.5 Å². The molecular formula is C19H21N3O6S. The molecule has 2 heterocycles. The van der Waals surface area contributed by atoms with Crippen LogP contribution in [0.2, 0.25) is 0 Å². The lowest BCUT2D eigenvalue weighted by atomic mass is 10.2. The Bertz CT molecular complexity index is 1010. The summed E-state index contributed by atoms with van der Waals surface area (Å²) in [7, 11) is -1.92. The molecule has 1 amide bonds. The van der Waals surface area contributed by atoms with Gasteiger partial charge in [-0.3, -0.25) is 4.79 Å². The number of sulfonamides is 1. The molecule has 0 aliphatic carbocycles. The Morgan fingerprint density at radius 3 is 2.79 bits per heavy atom. The predicted octanol–water partition coefficient (Wildman–Crippen LogP) is 0.741. The summed E-state index contributed by atoms with van der Waals surface area (Å²) in [6, 6.07) is 7.27. The SMILES string of the molecule is COc1ccccc1CNC(=O)C(C)OC(=O)C1=CN2CCS(=O)(=O)N=C2C=C1. The molecule has 0 radical (unpaired) electrons. The van der Waals surface area contributed by atoms with Crippen LogP contribution >= 0.6 is 0 Å². The average Bonchev–Trinajstić information content (AvgIpc) is 2.71. The number of hydrogen-bond acceptors (Lipinski definition) is 7. The Labute approximate surface area is 168 Å². The van der Waals surface area contributed by atoms with Crippen LogP contribution in [0.1, 0.15) is 12.5 Å². The van der Waals surface area contributed by atoms with Crippen molar-refractivity contribution in [3.05, 3.63) is 53.8 Å². The number of amidine groups is 1. The fourth-order valence-electron chi connectivity index (χ4n) is 2.78. The predicted molar refractivity (Wildman–Crippen MR) is 106 cm³/mol. The second-order valence-corrected chi connectivity index (χ2v) is 8.18. The first-order valence-corrected chi connectivity index (χ1v) is 10.5. The van der Waals surface area contributed by atoms with Crippen LogP contribution in [-0.2, 0) is 30.9 Å². The van der Waals surface area contributed by atoms with Crippen molar-refractivity contribution in [2.45, 2.75) is 19.6 Å². The van der Waals surface area contributed by atoms with Gasteiger partial charge in [0.15, 0.2) is 6.10 Å². The number of nitrogens with zero attached hydrogens (tertiary/aromatic N) is 2. The Morgan fingerprint density at radius 1 is 1.28 bits per heavy atom. The molecule has 9 nitrogen and oxygen atoms in total. The zero-order chi connectivity index (χ0) is 21.0. The molecule has 2 aliphatic rings. The van der Waals surface area contributed by atoms with Gasteiger partial charge in [-0.25, -0.2) is 13.2 Å².